The Morgan fingerprint density at radius 3 is 2.82 bits per heavy atom. The van der Waals surface area contributed by atoms with Gasteiger partial charge in [0, 0.05) is 18.7 Å². The molecule has 0 unspecified atom stereocenters. The summed E-state index contributed by atoms with van der Waals surface area (Å²) in [5, 5.41) is 19.1. The number of aromatic nitrogens is 1. The molecule has 1 aromatic heterocycles. The highest BCUT2D eigenvalue weighted by molar-refractivity contribution is 5.48. The number of hydrogen-bond acceptors (Lipinski definition) is 5. The van der Waals surface area contributed by atoms with Gasteiger partial charge in [-0.15, -0.1) is 0 Å². The van der Waals surface area contributed by atoms with E-state index in [4.69, 9.17) is 5.26 Å². The smallest absolute Gasteiger partial charge is 0.363 e. The quantitative estimate of drug-likeness (QED) is 0.571. The van der Waals surface area contributed by atoms with Gasteiger partial charge in [-0.1, -0.05) is 0 Å². The molecule has 0 N–H and O–H groups in total. The normalized spacial score (nSPS) is 14.1. The molecule has 0 saturated heterocycles. The van der Waals surface area contributed by atoms with Crippen LogP contribution < -0.4 is 4.90 Å². The maximum atomic E-state index is 10.5. The first kappa shape index (κ1) is 11.3. The van der Waals surface area contributed by atoms with Gasteiger partial charge < -0.3 is 15.0 Å². The van der Waals surface area contributed by atoms with Gasteiger partial charge in [-0.2, -0.15) is 5.26 Å². The zero-order valence-corrected chi connectivity index (χ0v) is 9.24. The highest BCUT2D eigenvalue weighted by atomic mass is 16.6. The van der Waals surface area contributed by atoms with Crippen molar-refractivity contribution >= 4 is 11.5 Å². The van der Waals surface area contributed by atoms with Gasteiger partial charge in [0.1, 0.15) is 0 Å². The van der Waals surface area contributed by atoms with Crippen LogP contribution in [-0.4, -0.2) is 22.5 Å². The zero-order chi connectivity index (χ0) is 12.3. The van der Waals surface area contributed by atoms with Crippen LogP contribution >= 0.6 is 0 Å². The lowest BCUT2D eigenvalue weighted by atomic mass is 10.3. The summed E-state index contributed by atoms with van der Waals surface area (Å²) in [6.45, 7) is 0.653. The van der Waals surface area contributed by atoms with Crippen molar-refractivity contribution in [2.45, 2.75) is 25.3 Å². The van der Waals surface area contributed by atoms with E-state index < -0.39 is 4.92 Å². The lowest BCUT2D eigenvalue weighted by Gasteiger charge is -2.21. The fraction of sp³-hybridized carbons (Fsp3) is 0.455. The molecule has 0 aliphatic heterocycles. The van der Waals surface area contributed by atoms with E-state index in [-0.39, 0.29) is 5.82 Å². The number of nitrogens with zero attached hydrogens (tertiary/aromatic N) is 4. The number of nitriles is 1. The SMILES string of the molecule is N#CCCN(c1ccc([N+](=O)[O-])nc1)C1CC1. The molecule has 0 radical (unpaired) electrons. The van der Waals surface area contributed by atoms with E-state index in [1.807, 2.05) is 0 Å². The fourth-order valence-electron chi connectivity index (χ4n) is 1.74. The molecule has 1 aliphatic rings. The van der Waals surface area contributed by atoms with E-state index in [1.165, 1.54) is 12.3 Å². The molecule has 6 nitrogen and oxygen atoms in total. The third-order valence-electron chi connectivity index (χ3n) is 2.70. The molecular weight excluding hydrogens is 220 g/mol. The van der Waals surface area contributed by atoms with Gasteiger partial charge >= 0.3 is 5.82 Å². The summed E-state index contributed by atoms with van der Waals surface area (Å²) in [6.07, 6.45) is 4.19. The van der Waals surface area contributed by atoms with Gasteiger partial charge in [-0.25, -0.2) is 0 Å². The van der Waals surface area contributed by atoms with Crippen LogP contribution in [0.4, 0.5) is 11.5 Å². The fourth-order valence-corrected chi connectivity index (χ4v) is 1.74. The Bertz CT molecular complexity index is 448. The molecule has 1 aliphatic carbocycles. The summed E-state index contributed by atoms with van der Waals surface area (Å²) < 4.78 is 0. The first-order chi connectivity index (χ1) is 8.22. The summed E-state index contributed by atoms with van der Waals surface area (Å²) in [5.74, 6) is -0.148. The van der Waals surface area contributed by atoms with Gasteiger partial charge in [0.05, 0.1) is 18.2 Å². The van der Waals surface area contributed by atoms with Gasteiger partial charge in [-0.3, -0.25) is 0 Å². The van der Waals surface area contributed by atoms with Crippen LogP contribution in [0.25, 0.3) is 0 Å². The molecule has 88 valence electrons. The Kier molecular flexibility index (Phi) is 3.19. The second-order valence-corrected chi connectivity index (χ2v) is 3.96. The van der Waals surface area contributed by atoms with Crippen LogP contribution in [0.15, 0.2) is 18.3 Å². The van der Waals surface area contributed by atoms with Crippen LogP contribution in [0.1, 0.15) is 19.3 Å². The summed E-state index contributed by atoms with van der Waals surface area (Å²) >= 11 is 0. The lowest BCUT2D eigenvalue weighted by molar-refractivity contribution is -0.389. The van der Waals surface area contributed by atoms with Crippen molar-refractivity contribution < 1.29 is 4.92 Å². The molecule has 1 heterocycles. The first-order valence-electron chi connectivity index (χ1n) is 5.46. The van der Waals surface area contributed by atoms with Crippen LogP contribution in [0, 0.1) is 21.4 Å². The Morgan fingerprint density at radius 1 is 1.59 bits per heavy atom. The topological polar surface area (TPSA) is 83.1 Å². The van der Waals surface area contributed by atoms with E-state index in [1.54, 1.807) is 6.07 Å². The van der Waals surface area contributed by atoms with E-state index in [0.717, 1.165) is 18.5 Å². The standard InChI is InChI=1S/C11H12N4O2/c12-6-1-7-14(9-2-3-9)10-4-5-11(13-8-10)15(16)17/h4-5,8-9H,1-3,7H2. The maximum absolute atomic E-state index is 10.5. The van der Waals surface area contributed by atoms with Crippen LogP contribution in [0.5, 0.6) is 0 Å². The van der Waals surface area contributed by atoms with Gasteiger partial charge in [-0.05, 0) is 28.8 Å². The van der Waals surface area contributed by atoms with Gasteiger partial charge in [0.2, 0.25) is 0 Å². The average Bonchev–Trinajstić information content (AvgIpc) is 3.14. The minimum Gasteiger partial charge on any atom is -0.364 e. The van der Waals surface area contributed by atoms with Crippen molar-refractivity contribution in [2.75, 3.05) is 11.4 Å². The number of hydrogen-bond donors (Lipinski definition) is 0. The van der Waals surface area contributed by atoms with E-state index in [2.05, 4.69) is 16.0 Å². The van der Waals surface area contributed by atoms with Gasteiger partial charge in [0.15, 0.2) is 6.20 Å². The molecular formula is C11H12N4O2. The summed E-state index contributed by atoms with van der Waals surface area (Å²) in [6, 6.07) is 5.67. The van der Waals surface area contributed by atoms with E-state index >= 15 is 0 Å². The number of rotatable bonds is 5. The summed E-state index contributed by atoms with van der Waals surface area (Å²) in [5.41, 5.74) is 0.855. The van der Waals surface area contributed by atoms with E-state index in [9.17, 15) is 10.1 Å². The predicted octanol–water partition coefficient (Wildman–Crippen LogP) is 1.87. The summed E-state index contributed by atoms with van der Waals surface area (Å²) in [4.78, 5) is 15.9. The molecule has 0 bridgehead atoms. The van der Waals surface area contributed by atoms with Crippen LogP contribution in [-0.2, 0) is 0 Å². The molecule has 0 aromatic carbocycles. The molecule has 0 spiro atoms. The number of anilines is 1. The second-order valence-electron chi connectivity index (χ2n) is 3.96. The minimum atomic E-state index is -0.513. The van der Waals surface area contributed by atoms with E-state index in [0.29, 0.717) is 19.0 Å². The molecule has 6 heteroatoms. The first-order valence-corrected chi connectivity index (χ1v) is 5.46. The molecule has 1 saturated carbocycles. The maximum Gasteiger partial charge on any atom is 0.363 e. The van der Waals surface area contributed by atoms with Crippen molar-refractivity contribution in [1.29, 1.82) is 5.26 Å². The largest absolute Gasteiger partial charge is 0.364 e. The Balaban J connectivity index is 2.13. The molecule has 1 aromatic rings. The highest BCUT2D eigenvalue weighted by Crippen LogP contribution is 2.31. The summed E-state index contributed by atoms with van der Waals surface area (Å²) in [7, 11) is 0. The number of nitro groups is 1. The third kappa shape index (κ3) is 2.69. The molecule has 0 atom stereocenters. The van der Waals surface area contributed by atoms with Crippen LogP contribution in [0.3, 0.4) is 0 Å². The molecule has 2 rings (SSSR count). The second kappa shape index (κ2) is 4.78. The third-order valence-corrected chi connectivity index (χ3v) is 2.70. The Labute approximate surface area is 98.6 Å². The van der Waals surface area contributed by atoms with Crippen molar-refractivity contribution in [3.63, 3.8) is 0 Å². The average molecular weight is 232 g/mol. The van der Waals surface area contributed by atoms with Crippen molar-refractivity contribution in [3.05, 3.63) is 28.4 Å². The van der Waals surface area contributed by atoms with Crippen molar-refractivity contribution in [3.8, 4) is 6.07 Å². The Hall–Kier alpha value is -2.16. The molecule has 1 fully saturated rings. The minimum absolute atomic E-state index is 0.148. The lowest BCUT2D eigenvalue weighted by Crippen LogP contribution is -2.26. The number of pyridine rings is 1. The monoisotopic (exact) mass is 232 g/mol. The highest BCUT2D eigenvalue weighted by Gasteiger charge is 2.29. The predicted molar refractivity (Wildman–Crippen MR) is 61.5 cm³/mol. The van der Waals surface area contributed by atoms with Gasteiger partial charge in [0.25, 0.3) is 0 Å². The van der Waals surface area contributed by atoms with Crippen molar-refractivity contribution in [2.24, 2.45) is 0 Å². The van der Waals surface area contributed by atoms with Crippen molar-refractivity contribution in [1.82, 2.24) is 4.98 Å². The van der Waals surface area contributed by atoms with Crippen LogP contribution in [0.2, 0.25) is 0 Å². The molecule has 17 heavy (non-hydrogen) atoms. The Morgan fingerprint density at radius 2 is 2.35 bits per heavy atom. The molecule has 0 amide bonds. The zero-order valence-electron chi connectivity index (χ0n) is 9.24.